The number of methoxy groups -OCH3 is 1. The molecule has 1 unspecified atom stereocenters. The van der Waals surface area contributed by atoms with Crippen LogP contribution < -0.4 is 9.47 Å². The Morgan fingerprint density at radius 2 is 2.20 bits per heavy atom. The quantitative estimate of drug-likeness (QED) is 0.843. The van der Waals surface area contributed by atoms with Crippen LogP contribution in [0.2, 0.25) is 0 Å². The Bertz CT molecular complexity index is 539. The Kier molecular flexibility index (Phi) is 5.01. The van der Waals surface area contributed by atoms with Gasteiger partial charge in [-0.1, -0.05) is 19.1 Å². The SMILES string of the molecule is CCCn1cc(OCC(O)c2cccc(OC)c2)cn1. The van der Waals surface area contributed by atoms with Gasteiger partial charge in [0.1, 0.15) is 18.5 Å². The minimum absolute atomic E-state index is 0.186. The van der Waals surface area contributed by atoms with E-state index in [2.05, 4.69) is 12.0 Å². The summed E-state index contributed by atoms with van der Waals surface area (Å²) in [5.74, 6) is 1.39. The van der Waals surface area contributed by atoms with Crippen LogP contribution in [0.25, 0.3) is 0 Å². The zero-order valence-electron chi connectivity index (χ0n) is 11.8. The Labute approximate surface area is 118 Å². The largest absolute Gasteiger partial charge is 0.497 e. The van der Waals surface area contributed by atoms with Crippen LogP contribution >= 0.6 is 0 Å². The fraction of sp³-hybridized carbons (Fsp3) is 0.400. The molecule has 0 aliphatic carbocycles. The number of rotatable bonds is 7. The molecule has 0 amide bonds. The van der Waals surface area contributed by atoms with Crippen LogP contribution in [0.1, 0.15) is 25.0 Å². The maximum absolute atomic E-state index is 10.1. The molecule has 0 aliphatic heterocycles. The minimum Gasteiger partial charge on any atom is -0.497 e. The third-order valence-corrected chi connectivity index (χ3v) is 2.95. The standard InChI is InChI=1S/C15H20N2O3/c1-3-7-17-10-14(9-16-17)20-11-15(18)12-5-4-6-13(8-12)19-2/h4-6,8-10,15,18H,3,7,11H2,1-2H3. The second-order valence-electron chi connectivity index (χ2n) is 4.54. The van der Waals surface area contributed by atoms with Gasteiger partial charge in [-0.15, -0.1) is 0 Å². The molecular formula is C15H20N2O3. The highest BCUT2D eigenvalue weighted by atomic mass is 16.5. The molecule has 0 aliphatic rings. The van der Waals surface area contributed by atoms with E-state index in [4.69, 9.17) is 9.47 Å². The van der Waals surface area contributed by atoms with Gasteiger partial charge in [0.05, 0.1) is 19.5 Å². The summed E-state index contributed by atoms with van der Waals surface area (Å²) in [5.41, 5.74) is 0.769. The topological polar surface area (TPSA) is 56.5 Å². The maximum Gasteiger partial charge on any atom is 0.157 e. The monoisotopic (exact) mass is 276 g/mol. The highest BCUT2D eigenvalue weighted by Gasteiger charge is 2.10. The summed E-state index contributed by atoms with van der Waals surface area (Å²) in [6, 6.07) is 7.33. The highest BCUT2D eigenvalue weighted by Crippen LogP contribution is 2.20. The Balaban J connectivity index is 1.91. The van der Waals surface area contributed by atoms with E-state index in [0.717, 1.165) is 24.3 Å². The highest BCUT2D eigenvalue weighted by molar-refractivity contribution is 5.30. The third kappa shape index (κ3) is 3.74. The molecule has 108 valence electrons. The van der Waals surface area contributed by atoms with E-state index >= 15 is 0 Å². The van der Waals surface area contributed by atoms with E-state index in [1.54, 1.807) is 19.4 Å². The molecule has 0 fully saturated rings. The predicted molar refractivity (Wildman–Crippen MR) is 76.0 cm³/mol. The van der Waals surface area contributed by atoms with E-state index in [1.165, 1.54) is 0 Å². The number of nitrogens with zero attached hydrogens (tertiary/aromatic N) is 2. The van der Waals surface area contributed by atoms with E-state index < -0.39 is 6.10 Å². The van der Waals surface area contributed by atoms with Gasteiger partial charge in [0, 0.05) is 6.54 Å². The maximum atomic E-state index is 10.1. The minimum atomic E-state index is -0.695. The summed E-state index contributed by atoms with van der Waals surface area (Å²) in [4.78, 5) is 0. The smallest absolute Gasteiger partial charge is 0.157 e. The summed E-state index contributed by atoms with van der Waals surface area (Å²) in [6.45, 7) is 3.14. The first-order chi connectivity index (χ1) is 9.72. The molecule has 2 rings (SSSR count). The summed E-state index contributed by atoms with van der Waals surface area (Å²) in [7, 11) is 1.60. The van der Waals surface area contributed by atoms with Gasteiger partial charge in [-0.3, -0.25) is 4.68 Å². The fourth-order valence-corrected chi connectivity index (χ4v) is 1.89. The number of aryl methyl sites for hydroxylation is 1. The summed E-state index contributed by atoms with van der Waals surface area (Å²) in [5, 5.41) is 14.3. The molecule has 1 atom stereocenters. The Morgan fingerprint density at radius 1 is 1.35 bits per heavy atom. The molecule has 0 saturated carbocycles. The van der Waals surface area contributed by atoms with Crippen molar-refractivity contribution in [2.75, 3.05) is 13.7 Å². The summed E-state index contributed by atoms with van der Waals surface area (Å²) < 4.78 is 12.5. The number of hydrogen-bond acceptors (Lipinski definition) is 4. The van der Waals surface area contributed by atoms with Crippen molar-refractivity contribution < 1.29 is 14.6 Å². The molecule has 5 heteroatoms. The molecule has 1 N–H and O–H groups in total. The molecule has 5 nitrogen and oxygen atoms in total. The lowest BCUT2D eigenvalue weighted by molar-refractivity contribution is 0.108. The van der Waals surface area contributed by atoms with Crippen molar-refractivity contribution in [2.45, 2.75) is 26.0 Å². The van der Waals surface area contributed by atoms with Crippen LogP contribution in [0.15, 0.2) is 36.7 Å². The number of aromatic nitrogens is 2. The van der Waals surface area contributed by atoms with Crippen LogP contribution in [-0.4, -0.2) is 28.6 Å². The number of benzene rings is 1. The first-order valence-electron chi connectivity index (χ1n) is 6.70. The van der Waals surface area contributed by atoms with Crippen LogP contribution in [0.3, 0.4) is 0 Å². The molecule has 2 aromatic rings. The van der Waals surface area contributed by atoms with Crippen LogP contribution in [0.4, 0.5) is 0 Å². The van der Waals surface area contributed by atoms with Gasteiger partial charge in [0.15, 0.2) is 5.75 Å². The van der Waals surface area contributed by atoms with Crippen molar-refractivity contribution >= 4 is 0 Å². The third-order valence-electron chi connectivity index (χ3n) is 2.95. The van der Waals surface area contributed by atoms with E-state index in [9.17, 15) is 5.11 Å². The average molecular weight is 276 g/mol. The van der Waals surface area contributed by atoms with E-state index in [0.29, 0.717) is 5.75 Å². The first-order valence-corrected chi connectivity index (χ1v) is 6.70. The molecule has 0 radical (unpaired) electrons. The average Bonchev–Trinajstić information content (AvgIpc) is 2.93. The van der Waals surface area contributed by atoms with E-state index in [-0.39, 0.29) is 6.61 Å². The van der Waals surface area contributed by atoms with Crippen molar-refractivity contribution in [1.82, 2.24) is 9.78 Å². The first kappa shape index (κ1) is 14.4. The lowest BCUT2D eigenvalue weighted by Crippen LogP contribution is -2.09. The number of hydrogen-bond donors (Lipinski definition) is 1. The summed E-state index contributed by atoms with van der Waals surface area (Å²) >= 11 is 0. The molecule has 0 bridgehead atoms. The van der Waals surface area contributed by atoms with Crippen molar-refractivity contribution in [2.24, 2.45) is 0 Å². The van der Waals surface area contributed by atoms with Gasteiger partial charge >= 0.3 is 0 Å². The molecular weight excluding hydrogens is 256 g/mol. The van der Waals surface area contributed by atoms with Crippen LogP contribution in [0, 0.1) is 0 Å². The number of aliphatic hydroxyl groups excluding tert-OH is 1. The fourth-order valence-electron chi connectivity index (χ4n) is 1.89. The lowest BCUT2D eigenvalue weighted by Gasteiger charge is -2.12. The Hall–Kier alpha value is -2.01. The van der Waals surface area contributed by atoms with Crippen LogP contribution in [0.5, 0.6) is 11.5 Å². The zero-order valence-corrected chi connectivity index (χ0v) is 11.8. The summed E-state index contributed by atoms with van der Waals surface area (Å²) in [6.07, 6.45) is 3.82. The molecule has 0 saturated heterocycles. The second-order valence-corrected chi connectivity index (χ2v) is 4.54. The molecule has 20 heavy (non-hydrogen) atoms. The van der Waals surface area contributed by atoms with Crippen molar-refractivity contribution in [3.8, 4) is 11.5 Å². The molecule has 0 spiro atoms. The second kappa shape index (κ2) is 6.96. The van der Waals surface area contributed by atoms with Gasteiger partial charge in [-0.2, -0.15) is 5.10 Å². The molecule has 1 aromatic carbocycles. The zero-order chi connectivity index (χ0) is 14.4. The number of ether oxygens (including phenoxy) is 2. The predicted octanol–water partition coefficient (Wildman–Crippen LogP) is 2.41. The number of aliphatic hydroxyl groups is 1. The van der Waals surface area contributed by atoms with Gasteiger partial charge in [-0.05, 0) is 24.1 Å². The van der Waals surface area contributed by atoms with Gasteiger partial charge in [0.25, 0.3) is 0 Å². The van der Waals surface area contributed by atoms with Gasteiger partial charge in [0.2, 0.25) is 0 Å². The van der Waals surface area contributed by atoms with Crippen LogP contribution in [-0.2, 0) is 6.54 Å². The van der Waals surface area contributed by atoms with Crippen molar-refractivity contribution in [3.05, 3.63) is 42.2 Å². The van der Waals surface area contributed by atoms with Crippen molar-refractivity contribution in [1.29, 1.82) is 0 Å². The van der Waals surface area contributed by atoms with Crippen molar-refractivity contribution in [3.63, 3.8) is 0 Å². The van der Waals surface area contributed by atoms with Gasteiger partial charge in [-0.25, -0.2) is 0 Å². The lowest BCUT2D eigenvalue weighted by atomic mass is 10.1. The Morgan fingerprint density at radius 3 is 2.95 bits per heavy atom. The normalized spacial score (nSPS) is 12.2. The van der Waals surface area contributed by atoms with Gasteiger partial charge < -0.3 is 14.6 Å². The van der Waals surface area contributed by atoms with E-state index in [1.807, 2.05) is 29.1 Å². The molecule has 1 aromatic heterocycles. The molecule has 1 heterocycles.